The van der Waals surface area contributed by atoms with E-state index in [0.717, 1.165) is 63.3 Å². The van der Waals surface area contributed by atoms with Crippen LogP contribution < -0.4 is 10.6 Å². The van der Waals surface area contributed by atoms with Crippen LogP contribution >= 0.6 is 0 Å². The summed E-state index contributed by atoms with van der Waals surface area (Å²) in [6.45, 7) is 3.22. The van der Waals surface area contributed by atoms with Gasteiger partial charge in [0.25, 0.3) is 0 Å². The second-order valence-electron chi connectivity index (χ2n) is 7.97. The second-order valence-corrected chi connectivity index (χ2v) is 7.97. The summed E-state index contributed by atoms with van der Waals surface area (Å²) >= 11 is 0. The van der Waals surface area contributed by atoms with E-state index < -0.39 is 5.41 Å². The van der Waals surface area contributed by atoms with Crippen LogP contribution in [0.5, 0.6) is 0 Å². The van der Waals surface area contributed by atoms with Crippen LogP contribution in [0.2, 0.25) is 0 Å². The number of carbonyl (C=O) groups excluding carboxylic acids is 1. The number of hydrogen-bond donors (Lipinski definition) is 2. The molecular formula is C19H29N3O3. The topological polar surface area (TPSA) is 76.4 Å². The predicted octanol–water partition coefficient (Wildman–Crippen LogP) is 2.15. The molecule has 6 nitrogen and oxygen atoms in total. The standard InChI is InChI=1S/C19H29N3O3/c23-18(21-15-4-1-2-5-15)19(7-3-8-20-13-19)11-16-10-17(22-25-16)14-6-9-24-12-14/h10,14-15,20H,1-9,11-13H2,(H,21,23). The fourth-order valence-corrected chi connectivity index (χ4v) is 4.51. The van der Waals surface area contributed by atoms with Crippen molar-refractivity contribution in [1.82, 2.24) is 15.8 Å². The van der Waals surface area contributed by atoms with E-state index in [0.29, 0.717) is 24.9 Å². The van der Waals surface area contributed by atoms with E-state index >= 15 is 0 Å². The molecule has 4 rings (SSSR count). The van der Waals surface area contributed by atoms with Crippen LogP contribution in [0.15, 0.2) is 10.6 Å². The summed E-state index contributed by atoms with van der Waals surface area (Å²) in [5, 5.41) is 11.0. The molecule has 3 heterocycles. The molecule has 0 radical (unpaired) electrons. The Labute approximate surface area is 149 Å². The lowest BCUT2D eigenvalue weighted by molar-refractivity contribution is -0.133. The van der Waals surface area contributed by atoms with Gasteiger partial charge < -0.3 is 19.9 Å². The lowest BCUT2D eigenvalue weighted by Gasteiger charge is -2.36. The predicted molar refractivity (Wildman–Crippen MR) is 93.3 cm³/mol. The van der Waals surface area contributed by atoms with Crippen LogP contribution in [0.4, 0.5) is 0 Å². The quantitative estimate of drug-likeness (QED) is 0.853. The molecule has 2 atom stereocenters. The number of amides is 1. The van der Waals surface area contributed by atoms with Gasteiger partial charge in [-0.2, -0.15) is 0 Å². The largest absolute Gasteiger partial charge is 0.381 e. The van der Waals surface area contributed by atoms with Crippen LogP contribution in [-0.4, -0.2) is 43.4 Å². The third-order valence-electron chi connectivity index (χ3n) is 6.08. The maximum Gasteiger partial charge on any atom is 0.228 e. The zero-order valence-corrected chi connectivity index (χ0v) is 14.9. The summed E-state index contributed by atoms with van der Waals surface area (Å²) in [7, 11) is 0. The normalized spacial score (nSPS) is 30.6. The summed E-state index contributed by atoms with van der Waals surface area (Å²) in [6.07, 6.45) is 8.24. The minimum absolute atomic E-state index is 0.189. The van der Waals surface area contributed by atoms with E-state index in [1.807, 2.05) is 6.07 Å². The Hall–Kier alpha value is -1.40. The van der Waals surface area contributed by atoms with Gasteiger partial charge in [-0.05, 0) is 38.6 Å². The monoisotopic (exact) mass is 347 g/mol. The molecular weight excluding hydrogens is 318 g/mol. The average molecular weight is 347 g/mol. The molecule has 2 saturated heterocycles. The second kappa shape index (κ2) is 7.46. The maximum absolute atomic E-state index is 13.1. The fourth-order valence-electron chi connectivity index (χ4n) is 4.51. The number of piperidine rings is 1. The first-order valence-electron chi connectivity index (χ1n) is 9.80. The van der Waals surface area contributed by atoms with Crippen molar-refractivity contribution in [2.45, 2.75) is 63.3 Å². The number of hydrogen-bond acceptors (Lipinski definition) is 5. The molecule has 3 fully saturated rings. The van der Waals surface area contributed by atoms with Gasteiger partial charge >= 0.3 is 0 Å². The third-order valence-corrected chi connectivity index (χ3v) is 6.08. The number of nitrogens with one attached hydrogen (secondary N) is 2. The number of ether oxygens (including phenoxy) is 1. The van der Waals surface area contributed by atoms with Crippen LogP contribution in [0, 0.1) is 5.41 Å². The Bertz CT molecular complexity index is 582. The molecule has 2 aliphatic heterocycles. The number of carbonyl (C=O) groups is 1. The molecule has 138 valence electrons. The van der Waals surface area contributed by atoms with E-state index in [9.17, 15) is 4.79 Å². The molecule has 25 heavy (non-hydrogen) atoms. The van der Waals surface area contributed by atoms with Gasteiger partial charge in [0, 0.05) is 37.6 Å². The van der Waals surface area contributed by atoms with E-state index in [4.69, 9.17) is 9.26 Å². The van der Waals surface area contributed by atoms with Crippen molar-refractivity contribution in [3.63, 3.8) is 0 Å². The Balaban J connectivity index is 1.47. The van der Waals surface area contributed by atoms with Gasteiger partial charge in [-0.15, -0.1) is 0 Å². The van der Waals surface area contributed by atoms with Crippen molar-refractivity contribution >= 4 is 5.91 Å². The number of rotatable bonds is 5. The van der Waals surface area contributed by atoms with E-state index in [1.54, 1.807) is 0 Å². The summed E-state index contributed by atoms with van der Waals surface area (Å²) in [5.74, 6) is 1.35. The molecule has 6 heteroatoms. The minimum atomic E-state index is -0.413. The van der Waals surface area contributed by atoms with Gasteiger partial charge in [0.1, 0.15) is 5.76 Å². The van der Waals surface area contributed by atoms with E-state index in [2.05, 4.69) is 15.8 Å². The molecule has 1 aliphatic carbocycles. The summed E-state index contributed by atoms with van der Waals surface area (Å²) in [5.41, 5.74) is 0.562. The lowest BCUT2D eigenvalue weighted by atomic mass is 9.76. The zero-order chi connectivity index (χ0) is 17.1. The van der Waals surface area contributed by atoms with Crippen molar-refractivity contribution in [1.29, 1.82) is 0 Å². The summed E-state index contributed by atoms with van der Waals surface area (Å²) < 4.78 is 11.1. The maximum atomic E-state index is 13.1. The third kappa shape index (κ3) is 3.75. The molecule has 2 N–H and O–H groups in total. The molecule has 2 unspecified atom stereocenters. The van der Waals surface area contributed by atoms with Gasteiger partial charge in [0.2, 0.25) is 5.91 Å². The minimum Gasteiger partial charge on any atom is -0.381 e. The molecule has 1 saturated carbocycles. The van der Waals surface area contributed by atoms with Gasteiger partial charge in [-0.3, -0.25) is 4.79 Å². The molecule has 1 aromatic rings. The molecule has 1 aromatic heterocycles. The number of nitrogens with zero attached hydrogens (tertiary/aromatic N) is 1. The first-order chi connectivity index (χ1) is 12.3. The van der Waals surface area contributed by atoms with E-state index in [1.165, 1.54) is 12.8 Å². The highest BCUT2D eigenvalue weighted by Crippen LogP contribution is 2.33. The molecule has 0 spiro atoms. The van der Waals surface area contributed by atoms with Crippen LogP contribution in [0.1, 0.15) is 62.3 Å². The molecule has 3 aliphatic rings. The Kier molecular flexibility index (Phi) is 5.08. The Morgan fingerprint density at radius 3 is 2.92 bits per heavy atom. The summed E-state index contributed by atoms with van der Waals surface area (Å²) in [4.78, 5) is 13.1. The van der Waals surface area contributed by atoms with Gasteiger partial charge in [0.05, 0.1) is 17.7 Å². The Morgan fingerprint density at radius 1 is 1.32 bits per heavy atom. The van der Waals surface area contributed by atoms with Gasteiger partial charge in [-0.1, -0.05) is 18.0 Å². The zero-order valence-electron chi connectivity index (χ0n) is 14.9. The van der Waals surface area contributed by atoms with Crippen LogP contribution in [0.25, 0.3) is 0 Å². The Morgan fingerprint density at radius 2 is 2.20 bits per heavy atom. The van der Waals surface area contributed by atoms with Crippen molar-refractivity contribution in [2.24, 2.45) is 5.41 Å². The first kappa shape index (κ1) is 17.0. The smallest absolute Gasteiger partial charge is 0.228 e. The van der Waals surface area contributed by atoms with Crippen LogP contribution in [-0.2, 0) is 16.0 Å². The van der Waals surface area contributed by atoms with Crippen molar-refractivity contribution in [3.8, 4) is 0 Å². The van der Waals surface area contributed by atoms with Crippen molar-refractivity contribution in [2.75, 3.05) is 26.3 Å². The molecule has 0 aromatic carbocycles. The average Bonchev–Trinajstić information content (AvgIpc) is 3.38. The fraction of sp³-hybridized carbons (Fsp3) is 0.789. The highest BCUT2D eigenvalue weighted by atomic mass is 16.5. The highest BCUT2D eigenvalue weighted by Gasteiger charge is 2.42. The highest BCUT2D eigenvalue weighted by molar-refractivity contribution is 5.83. The SMILES string of the molecule is O=C(NC1CCCC1)C1(Cc2cc(C3CCOC3)no2)CCCNC1. The molecule has 0 bridgehead atoms. The number of aromatic nitrogens is 1. The van der Waals surface area contributed by atoms with Crippen molar-refractivity contribution in [3.05, 3.63) is 17.5 Å². The summed E-state index contributed by atoms with van der Waals surface area (Å²) in [6, 6.07) is 2.39. The first-order valence-corrected chi connectivity index (χ1v) is 9.80. The van der Waals surface area contributed by atoms with Gasteiger partial charge in [0.15, 0.2) is 0 Å². The van der Waals surface area contributed by atoms with E-state index in [-0.39, 0.29) is 5.91 Å². The van der Waals surface area contributed by atoms with Gasteiger partial charge in [-0.25, -0.2) is 0 Å². The lowest BCUT2D eigenvalue weighted by Crippen LogP contribution is -2.53. The van der Waals surface area contributed by atoms with Crippen LogP contribution in [0.3, 0.4) is 0 Å². The van der Waals surface area contributed by atoms with Crippen molar-refractivity contribution < 1.29 is 14.1 Å². The molecule has 1 amide bonds.